The SMILES string of the molecule is C=C(/C=C\C(C)=C/C)C1CCCC1.Cc1c(OC2CC(O)CC(CO)O2)nn(C2CCOC2)c1C. The number of nitrogens with zero attached hydrogens (tertiary/aromatic N) is 2. The average Bonchev–Trinajstić information content (AvgIpc) is 3.62. The number of ether oxygens (including phenoxy) is 3. The molecule has 4 rings (SSSR count). The lowest BCUT2D eigenvalue weighted by Crippen LogP contribution is -2.40. The van der Waals surface area contributed by atoms with Crippen LogP contribution in [-0.4, -0.2) is 58.3 Å². The van der Waals surface area contributed by atoms with Gasteiger partial charge in [-0.2, -0.15) is 0 Å². The summed E-state index contributed by atoms with van der Waals surface area (Å²) >= 11 is 0. The van der Waals surface area contributed by atoms with Gasteiger partial charge >= 0.3 is 0 Å². The molecule has 1 aromatic rings. The molecule has 3 fully saturated rings. The van der Waals surface area contributed by atoms with E-state index in [0.29, 0.717) is 25.3 Å². The summed E-state index contributed by atoms with van der Waals surface area (Å²) in [5.74, 6) is 1.29. The number of aromatic nitrogens is 2. The number of hydrogen-bond acceptors (Lipinski definition) is 6. The fourth-order valence-corrected chi connectivity index (χ4v) is 4.79. The highest BCUT2D eigenvalue weighted by Gasteiger charge is 2.31. The second kappa shape index (κ2) is 13.4. The van der Waals surface area contributed by atoms with Gasteiger partial charge in [0, 0.05) is 30.7 Å². The van der Waals surface area contributed by atoms with Crippen LogP contribution < -0.4 is 4.74 Å². The number of hydrogen-bond donors (Lipinski definition) is 2. The Balaban J connectivity index is 0.000000225. The summed E-state index contributed by atoms with van der Waals surface area (Å²) in [6, 6.07) is 0.249. The van der Waals surface area contributed by atoms with Crippen LogP contribution >= 0.6 is 0 Å². The van der Waals surface area contributed by atoms with Gasteiger partial charge in [0.05, 0.1) is 31.5 Å². The van der Waals surface area contributed by atoms with Crippen molar-refractivity contribution in [2.45, 2.75) is 97.2 Å². The number of rotatable bonds is 7. The molecule has 4 atom stereocenters. The van der Waals surface area contributed by atoms with Crippen molar-refractivity contribution in [1.29, 1.82) is 0 Å². The van der Waals surface area contributed by atoms with Crippen molar-refractivity contribution in [3.63, 3.8) is 0 Å². The second-order valence-corrected chi connectivity index (χ2v) is 10.0. The summed E-state index contributed by atoms with van der Waals surface area (Å²) in [7, 11) is 0. The van der Waals surface area contributed by atoms with E-state index in [2.05, 4.69) is 43.8 Å². The van der Waals surface area contributed by atoms with Crippen molar-refractivity contribution in [2.75, 3.05) is 19.8 Å². The van der Waals surface area contributed by atoms with Crippen LogP contribution in [0.25, 0.3) is 0 Å². The van der Waals surface area contributed by atoms with Gasteiger partial charge in [-0.05, 0) is 52.9 Å². The summed E-state index contributed by atoms with van der Waals surface area (Å²) in [5.41, 5.74) is 4.66. The highest BCUT2D eigenvalue weighted by molar-refractivity contribution is 5.29. The Kier molecular flexibility index (Phi) is 10.6. The van der Waals surface area contributed by atoms with Gasteiger partial charge in [0.1, 0.15) is 0 Å². The van der Waals surface area contributed by atoms with Gasteiger partial charge in [0.15, 0.2) is 0 Å². The maximum Gasteiger partial charge on any atom is 0.238 e. The third-order valence-corrected chi connectivity index (χ3v) is 7.34. The molecule has 0 bridgehead atoms. The molecule has 3 heterocycles. The third-order valence-electron chi connectivity index (χ3n) is 7.34. The molecule has 2 aliphatic heterocycles. The molecule has 1 aromatic heterocycles. The van der Waals surface area contributed by atoms with Crippen LogP contribution in [0.3, 0.4) is 0 Å². The van der Waals surface area contributed by atoms with Crippen molar-refractivity contribution in [3.05, 3.63) is 47.2 Å². The molecule has 7 heteroatoms. The average molecular weight is 489 g/mol. The summed E-state index contributed by atoms with van der Waals surface area (Å²) in [6.45, 7) is 13.6. The lowest BCUT2D eigenvalue weighted by molar-refractivity contribution is -0.186. The first kappa shape index (κ1) is 27.7. The van der Waals surface area contributed by atoms with Crippen LogP contribution in [0.2, 0.25) is 0 Å². The zero-order chi connectivity index (χ0) is 25.4. The molecule has 0 amide bonds. The van der Waals surface area contributed by atoms with Gasteiger partial charge in [-0.3, -0.25) is 4.68 Å². The normalized spacial score (nSPS) is 27.8. The molecule has 3 aliphatic rings. The first-order chi connectivity index (χ1) is 16.8. The first-order valence-corrected chi connectivity index (χ1v) is 13.1. The fraction of sp³-hybridized carbons (Fsp3) is 0.679. The molecule has 0 aromatic carbocycles. The summed E-state index contributed by atoms with van der Waals surface area (Å²) < 4.78 is 18.9. The molecule has 1 saturated carbocycles. The van der Waals surface area contributed by atoms with Crippen LogP contribution in [0.15, 0.2) is 36.0 Å². The highest BCUT2D eigenvalue weighted by Crippen LogP contribution is 2.31. The van der Waals surface area contributed by atoms with Crippen molar-refractivity contribution < 1.29 is 24.4 Å². The summed E-state index contributed by atoms with van der Waals surface area (Å²) in [6.07, 6.45) is 12.2. The molecule has 0 spiro atoms. The zero-order valence-corrected chi connectivity index (χ0v) is 21.9. The monoisotopic (exact) mass is 488 g/mol. The smallest absolute Gasteiger partial charge is 0.238 e. The molecular formula is C28H44N2O5. The zero-order valence-electron chi connectivity index (χ0n) is 21.9. The maximum atomic E-state index is 9.85. The Morgan fingerprint density at radius 1 is 1.20 bits per heavy atom. The van der Waals surface area contributed by atoms with Gasteiger partial charge in [-0.15, -0.1) is 5.10 Å². The molecule has 1 aliphatic carbocycles. The predicted octanol–water partition coefficient (Wildman–Crippen LogP) is 4.95. The van der Waals surface area contributed by atoms with E-state index in [4.69, 9.17) is 14.2 Å². The minimum absolute atomic E-state index is 0.122. The van der Waals surface area contributed by atoms with E-state index in [9.17, 15) is 10.2 Å². The lowest BCUT2D eigenvalue weighted by atomic mass is 9.98. The van der Waals surface area contributed by atoms with Crippen LogP contribution in [0.1, 0.15) is 76.1 Å². The first-order valence-electron chi connectivity index (χ1n) is 13.1. The van der Waals surface area contributed by atoms with Crippen LogP contribution in [0, 0.1) is 19.8 Å². The van der Waals surface area contributed by atoms with E-state index in [1.54, 1.807) is 0 Å². The fourth-order valence-electron chi connectivity index (χ4n) is 4.79. The van der Waals surface area contributed by atoms with Crippen LogP contribution in [-0.2, 0) is 9.47 Å². The standard InChI is InChI=1S/C15H24N2O5.C13H20/c1-9-10(2)17(11-3-4-20-8-11)16-15(9)22-14-6-12(19)5-13(7-18)21-14;1-4-11(2)9-10-12(3)13-7-5-6-8-13/h11-14,18-19H,3-8H2,1-2H3;4,9-10,13H,3,5-8H2,1-2H3/b;10-9-,11-4-. The molecule has 4 unspecified atom stereocenters. The van der Waals surface area contributed by atoms with Crippen molar-refractivity contribution >= 4 is 0 Å². The largest absolute Gasteiger partial charge is 0.446 e. The summed E-state index contributed by atoms with van der Waals surface area (Å²) in [4.78, 5) is 0. The molecule has 2 N–H and O–H groups in total. The van der Waals surface area contributed by atoms with E-state index in [1.807, 2.05) is 18.5 Å². The Labute approximate surface area is 210 Å². The topological polar surface area (TPSA) is 86.0 Å². The summed E-state index contributed by atoms with van der Waals surface area (Å²) in [5, 5.41) is 23.6. The maximum absolute atomic E-state index is 9.85. The molecule has 0 radical (unpaired) electrons. The Morgan fingerprint density at radius 3 is 2.57 bits per heavy atom. The Morgan fingerprint density at radius 2 is 1.94 bits per heavy atom. The Hall–Kier alpha value is -1.93. The van der Waals surface area contributed by atoms with Crippen LogP contribution in [0.4, 0.5) is 0 Å². The van der Waals surface area contributed by atoms with Gasteiger partial charge in [-0.25, -0.2) is 0 Å². The quantitative estimate of drug-likeness (QED) is 0.528. The highest BCUT2D eigenvalue weighted by atomic mass is 16.7. The molecule has 7 nitrogen and oxygen atoms in total. The minimum atomic E-state index is -0.581. The lowest BCUT2D eigenvalue weighted by Gasteiger charge is -2.31. The third kappa shape index (κ3) is 7.78. The van der Waals surface area contributed by atoms with Crippen molar-refractivity contribution in [2.24, 2.45) is 5.92 Å². The predicted molar refractivity (Wildman–Crippen MR) is 137 cm³/mol. The number of allylic oxidation sites excluding steroid dienone is 5. The molecule has 35 heavy (non-hydrogen) atoms. The van der Waals surface area contributed by atoms with E-state index in [0.717, 1.165) is 30.2 Å². The Bertz CT molecular complexity index is 878. The van der Waals surface area contributed by atoms with Gasteiger partial charge < -0.3 is 24.4 Å². The molecule has 2 saturated heterocycles. The van der Waals surface area contributed by atoms with E-state index in [-0.39, 0.29) is 18.8 Å². The second-order valence-electron chi connectivity index (χ2n) is 10.0. The molecular weight excluding hydrogens is 444 g/mol. The van der Waals surface area contributed by atoms with Gasteiger partial charge in [-0.1, -0.05) is 48.8 Å². The van der Waals surface area contributed by atoms with Crippen LogP contribution in [0.5, 0.6) is 5.88 Å². The van der Waals surface area contributed by atoms with Gasteiger partial charge in [0.25, 0.3) is 0 Å². The van der Waals surface area contributed by atoms with E-state index < -0.39 is 12.4 Å². The van der Waals surface area contributed by atoms with E-state index >= 15 is 0 Å². The van der Waals surface area contributed by atoms with Crippen molar-refractivity contribution in [3.8, 4) is 5.88 Å². The number of aliphatic hydroxyl groups is 2. The molecule has 196 valence electrons. The van der Waals surface area contributed by atoms with Gasteiger partial charge in [0.2, 0.25) is 12.2 Å². The minimum Gasteiger partial charge on any atom is -0.446 e. The van der Waals surface area contributed by atoms with E-state index in [1.165, 1.54) is 36.8 Å². The number of aliphatic hydroxyl groups excluding tert-OH is 2. The van der Waals surface area contributed by atoms with Crippen molar-refractivity contribution in [1.82, 2.24) is 9.78 Å².